The Morgan fingerprint density at radius 2 is 1.88 bits per heavy atom. The first-order valence-electron chi connectivity index (χ1n) is 2.95. The van der Waals surface area contributed by atoms with Gasteiger partial charge in [0.2, 0.25) is 0 Å². The maximum Gasteiger partial charge on any atom is 0.103 e. The molecule has 0 N–H and O–H groups in total. The van der Waals surface area contributed by atoms with E-state index in [0.717, 1.165) is 0 Å². The molecule has 0 amide bonds. The molecule has 0 saturated heterocycles. The van der Waals surface area contributed by atoms with E-state index in [1.165, 1.54) is 0 Å². The molecular formula is C7H13F. The van der Waals surface area contributed by atoms with Gasteiger partial charge in [-0.1, -0.05) is 19.1 Å². The van der Waals surface area contributed by atoms with Gasteiger partial charge in [-0.3, -0.25) is 0 Å². The lowest BCUT2D eigenvalue weighted by Gasteiger charge is -2.04. The predicted octanol–water partition coefficient (Wildman–Crippen LogP) is 2.56. The summed E-state index contributed by atoms with van der Waals surface area (Å²) in [6.07, 6.45) is 3.03. The Hall–Kier alpha value is -0.330. The predicted molar refractivity (Wildman–Crippen MR) is 34.5 cm³/mol. The summed E-state index contributed by atoms with van der Waals surface area (Å²) < 4.78 is 12.2. The fraction of sp³-hybridized carbons (Fsp3) is 0.714. The molecule has 0 aromatic rings. The normalized spacial score (nSPS) is 19.0. The molecule has 0 aromatic carbocycles. The van der Waals surface area contributed by atoms with E-state index in [4.69, 9.17) is 0 Å². The Balaban J connectivity index is 3.47. The van der Waals surface area contributed by atoms with Crippen LogP contribution in [0.5, 0.6) is 0 Å². The van der Waals surface area contributed by atoms with Crippen LogP contribution in [0.1, 0.15) is 20.8 Å². The summed E-state index contributed by atoms with van der Waals surface area (Å²) in [7, 11) is 0. The number of rotatable bonds is 2. The summed E-state index contributed by atoms with van der Waals surface area (Å²) >= 11 is 0. The van der Waals surface area contributed by atoms with Crippen molar-refractivity contribution in [2.45, 2.75) is 26.9 Å². The Morgan fingerprint density at radius 1 is 1.38 bits per heavy atom. The van der Waals surface area contributed by atoms with Gasteiger partial charge in [-0.25, -0.2) is 4.39 Å². The minimum Gasteiger partial charge on any atom is -0.247 e. The molecule has 0 aliphatic rings. The first kappa shape index (κ1) is 7.67. The zero-order valence-corrected chi connectivity index (χ0v) is 5.69. The number of halogens is 1. The fourth-order valence-corrected chi connectivity index (χ4v) is 0.457. The first-order valence-corrected chi connectivity index (χ1v) is 2.95. The Bertz CT molecular complexity index is 74.5. The molecule has 48 valence electrons. The SMILES string of the molecule is C/C=C/C(C)C(C)F. The van der Waals surface area contributed by atoms with Crippen LogP contribution in [0.2, 0.25) is 0 Å². The van der Waals surface area contributed by atoms with Crippen molar-refractivity contribution in [2.24, 2.45) is 5.92 Å². The summed E-state index contributed by atoms with van der Waals surface area (Å²) in [6, 6.07) is 0. The number of allylic oxidation sites excluding steroid dienone is 2. The van der Waals surface area contributed by atoms with Crippen molar-refractivity contribution in [3.05, 3.63) is 12.2 Å². The molecule has 8 heavy (non-hydrogen) atoms. The lowest BCUT2D eigenvalue weighted by Crippen LogP contribution is -2.03. The summed E-state index contributed by atoms with van der Waals surface area (Å²) in [6.45, 7) is 5.34. The van der Waals surface area contributed by atoms with E-state index >= 15 is 0 Å². The molecule has 1 heteroatoms. The minimum atomic E-state index is -0.716. The average Bonchev–Trinajstić information content (AvgIpc) is 1.67. The second-order valence-corrected chi connectivity index (χ2v) is 2.06. The lowest BCUT2D eigenvalue weighted by molar-refractivity contribution is 0.300. The monoisotopic (exact) mass is 116 g/mol. The second kappa shape index (κ2) is 3.65. The van der Waals surface area contributed by atoms with Crippen molar-refractivity contribution in [3.63, 3.8) is 0 Å². The van der Waals surface area contributed by atoms with Gasteiger partial charge in [-0.15, -0.1) is 0 Å². The fourth-order valence-electron chi connectivity index (χ4n) is 0.457. The Morgan fingerprint density at radius 3 is 2.00 bits per heavy atom. The Labute approximate surface area is 50.4 Å². The largest absolute Gasteiger partial charge is 0.247 e. The van der Waals surface area contributed by atoms with Gasteiger partial charge in [0, 0.05) is 5.92 Å². The van der Waals surface area contributed by atoms with Crippen LogP contribution in [0.25, 0.3) is 0 Å². The topological polar surface area (TPSA) is 0 Å². The zero-order chi connectivity index (χ0) is 6.57. The highest BCUT2D eigenvalue weighted by atomic mass is 19.1. The highest BCUT2D eigenvalue weighted by molar-refractivity contribution is 4.85. The summed E-state index contributed by atoms with van der Waals surface area (Å²) in [5, 5.41) is 0. The van der Waals surface area contributed by atoms with E-state index in [2.05, 4.69) is 0 Å². The molecular weight excluding hydrogens is 103 g/mol. The van der Waals surface area contributed by atoms with Crippen molar-refractivity contribution in [3.8, 4) is 0 Å². The molecule has 2 atom stereocenters. The molecule has 0 bridgehead atoms. The van der Waals surface area contributed by atoms with E-state index in [1.54, 1.807) is 6.92 Å². The molecule has 0 fully saturated rings. The van der Waals surface area contributed by atoms with Crippen molar-refractivity contribution >= 4 is 0 Å². The zero-order valence-electron chi connectivity index (χ0n) is 5.69. The molecule has 0 saturated carbocycles. The molecule has 0 aliphatic heterocycles. The molecule has 0 aliphatic carbocycles. The standard InChI is InChI=1S/C7H13F/c1-4-5-6(2)7(3)8/h4-7H,1-3H3/b5-4+. The van der Waals surface area contributed by atoms with Crippen molar-refractivity contribution < 1.29 is 4.39 Å². The summed E-state index contributed by atoms with van der Waals surface area (Å²) in [4.78, 5) is 0. The number of alkyl halides is 1. The third kappa shape index (κ3) is 2.78. The Kier molecular flexibility index (Phi) is 3.49. The van der Waals surface area contributed by atoms with Gasteiger partial charge in [0.05, 0.1) is 0 Å². The van der Waals surface area contributed by atoms with E-state index in [0.29, 0.717) is 0 Å². The van der Waals surface area contributed by atoms with Crippen molar-refractivity contribution in [1.82, 2.24) is 0 Å². The van der Waals surface area contributed by atoms with Crippen molar-refractivity contribution in [2.75, 3.05) is 0 Å². The molecule has 0 heterocycles. The van der Waals surface area contributed by atoms with Crippen LogP contribution < -0.4 is 0 Å². The van der Waals surface area contributed by atoms with E-state index in [1.807, 2.05) is 26.0 Å². The second-order valence-electron chi connectivity index (χ2n) is 2.06. The number of hydrogen-bond donors (Lipinski definition) is 0. The van der Waals surface area contributed by atoms with Crippen LogP contribution in [-0.2, 0) is 0 Å². The highest BCUT2D eigenvalue weighted by Crippen LogP contribution is 2.06. The smallest absolute Gasteiger partial charge is 0.103 e. The molecule has 0 radical (unpaired) electrons. The molecule has 0 aromatic heterocycles. The summed E-state index contributed by atoms with van der Waals surface area (Å²) in [5.41, 5.74) is 0. The van der Waals surface area contributed by atoms with Gasteiger partial charge in [-0.05, 0) is 13.8 Å². The highest BCUT2D eigenvalue weighted by Gasteiger charge is 2.03. The van der Waals surface area contributed by atoms with Crippen LogP contribution in [-0.4, -0.2) is 6.17 Å². The van der Waals surface area contributed by atoms with Crippen molar-refractivity contribution in [1.29, 1.82) is 0 Å². The van der Waals surface area contributed by atoms with Gasteiger partial charge in [0.25, 0.3) is 0 Å². The maximum atomic E-state index is 12.2. The first-order chi connectivity index (χ1) is 3.68. The van der Waals surface area contributed by atoms with Gasteiger partial charge < -0.3 is 0 Å². The van der Waals surface area contributed by atoms with Crippen LogP contribution in [0.3, 0.4) is 0 Å². The molecule has 0 nitrogen and oxygen atoms in total. The van der Waals surface area contributed by atoms with Gasteiger partial charge in [0.15, 0.2) is 0 Å². The molecule has 0 spiro atoms. The van der Waals surface area contributed by atoms with Crippen LogP contribution in [0.15, 0.2) is 12.2 Å². The maximum absolute atomic E-state index is 12.2. The van der Waals surface area contributed by atoms with Gasteiger partial charge >= 0.3 is 0 Å². The number of hydrogen-bond acceptors (Lipinski definition) is 0. The third-order valence-corrected chi connectivity index (χ3v) is 1.22. The minimum absolute atomic E-state index is 0.0694. The lowest BCUT2D eigenvalue weighted by atomic mass is 10.1. The van der Waals surface area contributed by atoms with Crippen LogP contribution >= 0.6 is 0 Å². The molecule has 0 rings (SSSR count). The molecule has 2 unspecified atom stereocenters. The average molecular weight is 116 g/mol. The van der Waals surface area contributed by atoms with Crippen LogP contribution in [0, 0.1) is 5.92 Å². The van der Waals surface area contributed by atoms with E-state index in [-0.39, 0.29) is 5.92 Å². The van der Waals surface area contributed by atoms with Gasteiger partial charge in [-0.2, -0.15) is 0 Å². The van der Waals surface area contributed by atoms with Gasteiger partial charge in [0.1, 0.15) is 6.17 Å². The third-order valence-electron chi connectivity index (χ3n) is 1.22. The van der Waals surface area contributed by atoms with Crippen LogP contribution in [0.4, 0.5) is 4.39 Å². The quantitative estimate of drug-likeness (QED) is 0.486. The summed E-state index contributed by atoms with van der Waals surface area (Å²) in [5.74, 6) is 0.0694. The van der Waals surface area contributed by atoms with E-state index < -0.39 is 6.17 Å². The van der Waals surface area contributed by atoms with E-state index in [9.17, 15) is 4.39 Å².